The second-order valence-electron chi connectivity index (χ2n) is 6.36. The van der Waals surface area contributed by atoms with Gasteiger partial charge < -0.3 is 5.32 Å². The molecule has 0 unspecified atom stereocenters. The molecule has 0 aliphatic rings. The summed E-state index contributed by atoms with van der Waals surface area (Å²) in [6, 6.07) is 18.4. The highest BCUT2D eigenvalue weighted by Crippen LogP contribution is 2.24. The van der Waals surface area contributed by atoms with Crippen LogP contribution in [0.1, 0.15) is 5.56 Å². The molecule has 3 rings (SSSR count). The minimum atomic E-state index is -4.03. The number of carbonyl (C=O) groups is 1. The molecular weight excluding hydrogens is 506 g/mol. The van der Waals surface area contributed by atoms with Gasteiger partial charge in [0.05, 0.1) is 10.6 Å². The van der Waals surface area contributed by atoms with E-state index in [0.717, 1.165) is 25.6 Å². The van der Waals surface area contributed by atoms with Crippen LogP contribution in [0.25, 0.3) is 0 Å². The zero-order valence-electron chi connectivity index (χ0n) is 15.5. The number of nitrogens with one attached hydrogen (secondary N) is 1. The molecule has 0 heterocycles. The van der Waals surface area contributed by atoms with E-state index < -0.39 is 28.3 Å². The van der Waals surface area contributed by atoms with E-state index in [0.29, 0.717) is 5.69 Å². The molecule has 0 fully saturated rings. The van der Waals surface area contributed by atoms with Gasteiger partial charge in [0.25, 0.3) is 10.0 Å². The number of halogens is 2. The predicted octanol–water partition coefficient (Wildman–Crippen LogP) is 4.57. The summed E-state index contributed by atoms with van der Waals surface area (Å²) in [6.07, 6.45) is 0. The van der Waals surface area contributed by atoms with Crippen LogP contribution in [0.4, 0.5) is 15.8 Å². The second-order valence-corrected chi connectivity index (χ2v) is 9.46. The summed E-state index contributed by atoms with van der Waals surface area (Å²) in [5.74, 6) is -1.00. The van der Waals surface area contributed by atoms with Crippen molar-refractivity contribution in [1.29, 1.82) is 0 Å². The summed E-state index contributed by atoms with van der Waals surface area (Å²) < 4.78 is 41.8. The monoisotopic (exact) mass is 524 g/mol. The molecule has 0 atom stereocenters. The largest absolute Gasteiger partial charge is 0.325 e. The van der Waals surface area contributed by atoms with Gasteiger partial charge in [-0.1, -0.05) is 17.7 Å². The van der Waals surface area contributed by atoms with Crippen molar-refractivity contribution in [2.24, 2.45) is 0 Å². The lowest BCUT2D eigenvalue weighted by molar-refractivity contribution is -0.114. The van der Waals surface area contributed by atoms with E-state index in [4.69, 9.17) is 0 Å². The molecular formula is C21H18FIN2O3S. The summed E-state index contributed by atoms with van der Waals surface area (Å²) in [4.78, 5) is 12.6. The molecule has 0 aliphatic carbocycles. The van der Waals surface area contributed by atoms with Gasteiger partial charge in [-0.2, -0.15) is 0 Å². The van der Waals surface area contributed by atoms with E-state index >= 15 is 0 Å². The van der Waals surface area contributed by atoms with Crippen LogP contribution in [-0.4, -0.2) is 20.9 Å². The Morgan fingerprint density at radius 3 is 2.14 bits per heavy atom. The zero-order chi connectivity index (χ0) is 21.0. The standard InChI is InChI=1S/C21H18FIN2O3S/c1-15-2-12-20(13-3-15)29(27,28)25(19-10-4-16(22)5-11-19)14-21(26)24-18-8-6-17(23)7-9-18/h2-13H,14H2,1H3,(H,24,26). The Morgan fingerprint density at radius 2 is 1.55 bits per heavy atom. The molecule has 0 saturated heterocycles. The third kappa shape index (κ3) is 5.33. The molecule has 0 radical (unpaired) electrons. The van der Waals surface area contributed by atoms with Crippen LogP contribution < -0.4 is 9.62 Å². The third-order valence-corrected chi connectivity index (χ3v) is 6.65. The molecule has 0 aromatic heterocycles. The van der Waals surface area contributed by atoms with Crippen molar-refractivity contribution in [2.45, 2.75) is 11.8 Å². The Kier molecular flexibility index (Phi) is 6.53. The van der Waals surface area contributed by atoms with Crippen molar-refractivity contribution in [1.82, 2.24) is 0 Å². The van der Waals surface area contributed by atoms with Gasteiger partial charge in [-0.15, -0.1) is 0 Å². The number of nitrogens with zero attached hydrogens (tertiary/aromatic N) is 1. The number of rotatable bonds is 6. The first-order valence-electron chi connectivity index (χ1n) is 8.66. The van der Waals surface area contributed by atoms with Gasteiger partial charge in [0.15, 0.2) is 0 Å². The third-order valence-electron chi connectivity index (χ3n) is 4.14. The fourth-order valence-electron chi connectivity index (χ4n) is 2.62. The second kappa shape index (κ2) is 8.91. The molecule has 0 aliphatic heterocycles. The van der Waals surface area contributed by atoms with Crippen LogP contribution in [0.15, 0.2) is 77.7 Å². The molecule has 0 bridgehead atoms. The molecule has 29 heavy (non-hydrogen) atoms. The molecule has 3 aromatic rings. The molecule has 0 saturated carbocycles. The number of benzene rings is 3. The number of hydrogen-bond acceptors (Lipinski definition) is 3. The Bertz CT molecular complexity index is 1100. The van der Waals surface area contributed by atoms with Crippen molar-refractivity contribution in [3.63, 3.8) is 0 Å². The highest BCUT2D eigenvalue weighted by molar-refractivity contribution is 14.1. The van der Waals surface area contributed by atoms with E-state index in [9.17, 15) is 17.6 Å². The van der Waals surface area contributed by atoms with Crippen LogP contribution in [0.5, 0.6) is 0 Å². The average Bonchev–Trinajstić information content (AvgIpc) is 2.69. The number of sulfonamides is 1. The summed E-state index contributed by atoms with van der Waals surface area (Å²) in [6.45, 7) is 1.40. The maximum Gasteiger partial charge on any atom is 0.264 e. The smallest absolute Gasteiger partial charge is 0.264 e. The summed E-state index contributed by atoms with van der Waals surface area (Å²) in [5, 5.41) is 2.69. The number of carbonyl (C=O) groups excluding carboxylic acids is 1. The first-order valence-corrected chi connectivity index (χ1v) is 11.2. The zero-order valence-corrected chi connectivity index (χ0v) is 18.4. The van der Waals surface area contributed by atoms with E-state index in [1.54, 1.807) is 24.3 Å². The Morgan fingerprint density at radius 1 is 0.966 bits per heavy atom. The molecule has 3 aromatic carbocycles. The minimum absolute atomic E-state index is 0.0505. The van der Waals surface area contributed by atoms with Crippen LogP contribution in [-0.2, 0) is 14.8 Å². The van der Waals surface area contributed by atoms with Crippen molar-refractivity contribution < 1.29 is 17.6 Å². The highest BCUT2D eigenvalue weighted by atomic mass is 127. The van der Waals surface area contributed by atoms with E-state index in [1.165, 1.54) is 24.3 Å². The van der Waals surface area contributed by atoms with Crippen molar-refractivity contribution >= 4 is 49.9 Å². The SMILES string of the molecule is Cc1ccc(S(=O)(=O)N(CC(=O)Nc2ccc(I)cc2)c2ccc(F)cc2)cc1. The van der Waals surface area contributed by atoms with Crippen molar-refractivity contribution in [3.8, 4) is 0 Å². The summed E-state index contributed by atoms with van der Waals surface area (Å²) in [5.41, 5.74) is 1.67. The number of amides is 1. The minimum Gasteiger partial charge on any atom is -0.325 e. The molecule has 1 N–H and O–H groups in total. The quantitative estimate of drug-likeness (QED) is 0.481. The molecule has 1 amide bonds. The fraction of sp³-hybridized carbons (Fsp3) is 0.0952. The van der Waals surface area contributed by atoms with E-state index in [2.05, 4.69) is 27.9 Å². The normalized spacial score (nSPS) is 11.1. The maximum atomic E-state index is 13.3. The number of anilines is 2. The highest BCUT2D eigenvalue weighted by Gasteiger charge is 2.27. The van der Waals surface area contributed by atoms with Gasteiger partial charge in [0, 0.05) is 9.26 Å². The molecule has 150 valence electrons. The Balaban J connectivity index is 1.92. The molecule has 0 spiro atoms. The van der Waals surface area contributed by atoms with Crippen LogP contribution >= 0.6 is 22.6 Å². The van der Waals surface area contributed by atoms with E-state index in [1.807, 2.05) is 19.1 Å². The maximum absolute atomic E-state index is 13.3. The first kappa shape index (κ1) is 21.3. The lowest BCUT2D eigenvalue weighted by atomic mass is 10.2. The van der Waals surface area contributed by atoms with Crippen LogP contribution in [0, 0.1) is 16.3 Å². The van der Waals surface area contributed by atoms with Crippen molar-refractivity contribution in [2.75, 3.05) is 16.2 Å². The van der Waals surface area contributed by atoms with Crippen molar-refractivity contribution in [3.05, 3.63) is 87.7 Å². The first-order chi connectivity index (χ1) is 13.8. The van der Waals surface area contributed by atoms with Gasteiger partial charge in [-0.25, -0.2) is 12.8 Å². The molecule has 5 nitrogen and oxygen atoms in total. The Labute approximate surface area is 182 Å². The lowest BCUT2D eigenvalue weighted by Crippen LogP contribution is -2.38. The van der Waals surface area contributed by atoms with Gasteiger partial charge in [-0.3, -0.25) is 9.10 Å². The number of hydrogen-bond donors (Lipinski definition) is 1. The number of aryl methyl sites for hydroxylation is 1. The fourth-order valence-corrected chi connectivity index (χ4v) is 4.40. The summed E-state index contributed by atoms with van der Waals surface area (Å²) in [7, 11) is -4.03. The van der Waals surface area contributed by atoms with Crippen LogP contribution in [0.3, 0.4) is 0 Å². The van der Waals surface area contributed by atoms with Gasteiger partial charge in [-0.05, 0) is 90.2 Å². The molecule has 8 heteroatoms. The van der Waals surface area contributed by atoms with Gasteiger partial charge in [0.1, 0.15) is 12.4 Å². The Hall–Kier alpha value is -2.46. The summed E-state index contributed by atoms with van der Waals surface area (Å²) >= 11 is 2.15. The van der Waals surface area contributed by atoms with Gasteiger partial charge >= 0.3 is 0 Å². The lowest BCUT2D eigenvalue weighted by Gasteiger charge is -2.24. The predicted molar refractivity (Wildman–Crippen MR) is 120 cm³/mol. The van der Waals surface area contributed by atoms with Crippen LogP contribution in [0.2, 0.25) is 0 Å². The van der Waals surface area contributed by atoms with Gasteiger partial charge in [0.2, 0.25) is 5.91 Å². The topological polar surface area (TPSA) is 66.5 Å². The van der Waals surface area contributed by atoms with E-state index in [-0.39, 0.29) is 10.6 Å². The average molecular weight is 524 g/mol.